The Hall–Kier alpha value is -1.47. The second-order valence-corrected chi connectivity index (χ2v) is 5.71. The molecule has 0 atom stereocenters. The van der Waals surface area contributed by atoms with Gasteiger partial charge in [0.25, 0.3) is 5.91 Å². The number of aromatic nitrogens is 4. The minimum absolute atomic E-state index is 0.309. The Labute approximate surface area is 126 Å². The van der Waals surface area contributed by atoms with E-state index in [1.54, 1.807) is 11.6 Å². The van der Waals surface area contributed by atoms with Crippen molar-refractivity contribution in [3.05, 3.63) is 21.4 Å². The maximum Gasteiger partial charge on any atom is 0.277 e. The minimum Gasteiger partial charge on any atom is -0.295 e. The Balaban J connectivity index is 2.19. The van der Waals surface area contributed by atoms with Crippen LogP contribution in [-0.2, 0) is 13.0 Å². The first-order chi connectivity index (χ1) is 9.56. The van der Waals surface area contributed by atoms with Gasteiger partial charge in [0.1, 0.15) is 10.7 Å². The molecular weight excluding hydrogens is 298 g/mol. The monoisotopic (exact) mass is 313 g/mol. The van der Waals surface area contributed by atoms with Crippen molar-refractivity contribution in [2.24, 2.45) is 0 Å². The van der Waals surface area contributed by atoms with E-state index in [2.05, 4.69) is 27.5 Å². The predicted octanol–water partition coefficient (Wildman–Crippen LogP) is 2.92. The number of hydrogen-bond donors (Lipinski definition) is 1. The molecule has 1 N–H and O–H groups in total. The van der Waals surface area contributed by atoms with Crippen LogP contribution in [0.1, 0.15) is 41.5 Å². The van der Waals surface area contributed by atoms with E-state index in [-0.39, 0.29) is 5.91 Å². The SMILES string of the molecule is CCCc1nnc(NC(=O)c2c(Cl)c(C)nn2CC)s1. The summed E-state index contributed by atoms with van der Waals surface area (Å²) in [5, 5.41) is 16.7. The van der Waals surface area contributed by atoms with Gasteiger partial charge in [-0.2, -0.15) is 5.10 Å². The third-order valence-corrected chi connectivity index (χ3v) is 4.07. The smallest absolute Gasteiger partial charge is 0.277 e. The second kappa shape index (κ2) is 6.32. The van der Waals surface area contributed by atoms with Gasteiger partial charge in [-0.25, -0.2) is 0 Å². The average Bonchev–Trinajstić information content (AvgIpc) is 2.96. The highest BCUT2D eigenvalue weighted by molar-refractivity contribution is 7.15. The lowest BCUT2D eigenvalue weighted by molar-refractivity contribution is 0.101. The number of halogens is 1. The van der Waals surface area contributed by atoms with E-state index in [0.29, 0.717) is 28.1 Å². The lowest BCUT2D eigenvalue weighted by Gasteiger charge is -2.04. The third kappa shape index (κ3) is 2.99. The van der Waals surface area contributed by atoms with Gasteiger partial charge in [-0.15, -0.1) is 10.2 Å². The highest BCUT2D eigenvalue weighted by Gasteiger charge is 2.21. The number of carbonyl (C=O) groups excluding carboxylic acids is 1. The molecule has 0 spiro atoms. The van der Waals surface area contributed by atoms with Crippen LogP contribution in [0.4, 0.5) is 5.13 Å². The van der Waals surface area contributed by atoms with Gasteiger partial charge in [-0.05, 0) is 20.3 Å². The molecule has 1 amide bonds. The van der Waals surface area contributed by atoms with Crippen molar-refractivity contribution in [3.8, 4) is 0 Å². The number of anilines is 1. The summed E-state index contributed by atoms with van der Waals surface area (Å²) in [5.74, 6) is -0.309. The van der Waals surface area contributed by atoms with Crippen LogP contribution in [0.3, 0.4) is 0 Å². The summed E-state index contributed by atoms with van der Waals surface area (Å²) in [5.41, 5.74) is 1.00. The number of amides is 1. The molecular formula is C12H16ClN5OS. The van der Waals surface area contributed by atoms with Gasteiger partial charge in [0.05, 0.1) is 10.7 Å². The van der Waals surface area contributed by atoms with Crippen molar-refractivity contribution in [1.82, 2.24) is 20.0 Å². The molecule has 8 heteroatoms. The summed E-state index contributed by atoms with van der Waals surface area (Å²) in [4.78, 5) is 12.3. The summed E-state index contributed by atoms with van der Waals surface area (Å²) in [6.45, 7) is 6.33. The molecule has 2 rings (SSSR count). The van der Waals surface area contributed by atoms with E-state index in [1.165, 1.54) is 11.3 Å². The molecule has 0 aliphatic heterocycles. The Morgan fingerprint density at radius 1 is 1.40 bits per heavy atom. The quantitative estimate of drug-likeness (QED) is 0.921. The van der Waals surface area contributed by atoms with Gasteiger partial charge in [-0.3, -0.25) is 14.8 Å². The van der Waals surface area contributed by atoms with Gasteiger partial charge >= 0.3 is 0 Å². The number of nitrogens with zero attached hydrogens (tertiary/aromatic N) is 4. The van der Waals surface area contributed by atoms with Gasteiger partial charge in [-0.1, -0.05) is 29.9 Å². The molecule has 0 saturated carbocycles. The minimum atomic E-state index is -0.309. The number of hydrogen-bond acceptors (Lipinski definition) is 5. The van der Waals surface area contributed by atoms with Crippen LogP contribution < -0.4 is 5.32 Å². The van der Waals surface area contributed by atoms with Crippen molar-refractivity contribution in [2.75, 3.05) is 5.32 Å². The Morgan fingerprint density at radius 2 is 2.15 bits per heavy atom. The molecule has 2 aromatic heterocycles. The van der Waals surface area contributed by atoms with Crippen LogP contribution in [0.25, 0.3) is 0 Å². The lowest BCUT2D eigenvalue weighted by Crippen LogP contribution is -2.17. The molecule has 108 valence electrons. The zero-order valence-corrected chi connectivity index (χ0v) is 13.2. The first kappa shape index (κ1) is 14.9. The molecule has 20 heavy (non-hydrogen) atoms. The first-order valence-electron chi connectivity index (χ1n) is 6.43. The van der Waals surface area contributed by atoms with E-state index in [9.17, 15) is 4.79 Å². The molecule has 0 radical (unpaired) electrons. The summed E-state index contributed by atoms with van der Waals surface area (Å²) >= 11 is 7.51. The standard InChI is InChI=1S/C12H16ClN5OS/c1-4-6-8-15-16-12(20-8)14-11(19)10-9(13)7(3)17-18(10)5-2/h4-6H2,1-3H3,(H,14,16,19). The van der Waals surface area contributed by atoms with E-state index in [1.807, 2.05) is 6.92 Å². The number of rotatable bonds is 5. The van der Waals surface area contributed by atoms with Crippen molar-refractivity contribution >= 4 is 34.0 Å². The molecule has 2 aromatic rings. The second-order valence-electron chi connectivity index (χ2n) is 4.27. The molecule has 0 bridgehead atoms. The Bertz CT molecular complexity index is 621. The van der Waals surface area contributed by atoms with Gasteiger partial charge in [0.15, 0.2) is 0 Å². The Kier molecular flexibility index (Phi) is 4.72. The molecule has 0 aliphatic carbocycles. The van der Waals surface area contributed by atoms with Crippen molar-refractivity contribution < 1.29 is 4.79 Å². The normalized spacial score (nSPS) is 10.8. The van der Waals surface area contributed by atoms with E-state index in [0.717, 1.165) is 17.8 Å². The highest BCUT2D eigenvalue weighted by Crippen LogP contribution is 2.23. The average molecular weight is 314 g/mol. The molecule has 0 aliphatic rings. The maximum atomic E-state index is 12.3. The Morgan fingerprint density at radius 3 is 2.80 bits per heavy atom. The summed E-state index contributed by atoms with van der Waals surface area (Å²) < 4.78 is 1.58. The highest BCUT2D eigenvalue weighted by atomic mass is 35.5. The molecule has 0 unspecified atom stereocenters. The van der Waals surface area contributed by atoms with Crippen LogP contribution in [-0.4, -0.2) is 25.9 Å². The molecule has 0 fully saturated rings. The lowest BCUT2D eigenvalue weighted by atomic mass is 10.3. The molecule has 2 heterocycles. The predicted molar refractivity (Wildman–Crippen MR) is 79.5 cm³/mol. The van der Waals surface area contributed by atoms with Crippen molar-refractivity contribution in [3.63, 3.8) is 0 Å². The van der Waals surface area contributed by atoms with Gasteiger partial charge in [0.2, 0.25) is 5.13 Å². The van der Waals surface area contributed by atoms with Gasteiger partial charge in [0, 0.05) is 13.0 Å². The van der Waals surface area contributed by atoms with Crippen LogP contribution in [0.5, 0.6) is 0 Å². The number of nitrogens with one attached hydrogen (secondary N) is 1. The number of aryl methyl sites for hydroxylation is 3. The molecule has 6 nitrogen and oxygen atoms in total. The van der Waals surface area contributed by atoms with E-state index in [4.69, 9.17) is 11.6 Å². The third-order valence-electron chi connectivity index (χ3n) is 2.72. The first-order valence-corrected chi connectivity index (χ1v) is 7.62. The van der Waals surface area contributed by atoms with Crippen LogP contribution >= 0.6 is 22.9 Å². The van der Waals surface area contributed by atoms with Crippen LogP contribution in [0.2, 0.25) is 5.02 Å². The van der Waals surface area contributed by atoms with E-state index >= 15 is 0 Å². The summed E-state index contributed by atoms with van der Waals surface area (Å²) in [6.07, 6.45) is 1.86. The zero-order valence-electron chi connectivity index (χ0n) is 11.6. The molecule has 0 aromatic carbocycles. The maximum absolute atomic E-state index is 12.3. The fourth-order valence-corrected chi connectivity index (χ4v) is 2.84. The van der Waals surface area contributed by atoms with Crippen LogP contribution in [0.15, 0.2) is 0 Å². The fraction of sp³-hybridized carbons (Fsp3) is 0.500. The fourth-order valence-electron chi connectivity index (χ4n) is 1.78. The van der Waals surface area contributed by atoms with Gasteiger partial charge < -0.3 is 0 Å². The zero-order chi connectivity index (χ0) is 14.7. The topological polar surface area (TPSA) is 72.7 Å². The number of carbonyl (C=O) groups is 1. The van der Waals surface area contributed by atoms with Crippen molar-refractivity contribution in [2.45, 2.75) is 40.2 Å². The summed E-state index contributed by atoms with van der Waals surface area (Å²) in [6, 6.07) is 0. The largest absolute Gasteiger partial charge is 0.295 e. The van der Waals surface area contributed by atoms with Crippen molar-refractivity contribution in [1.29, 1.82) is 0 Å². The molecule has 0 saturated heterocycles. The van der Waals surface area contributed by atoms with E-state index < -0.39 is 0 Å². The van der Waals surface area contributed by atoms with Crippen LogP contribution in [0, 0.1) is 6.92 Å². The summed E-state index contributed by atoms with van der Waals surface area (Å²) in [7, 11) is 0.